The summed E-state index contributed by atoms with van der Waals surface area (Å²) in [5.41, 5.74) is 8.41. The van der Waals surface area contributed by atoms with Crippen molar-refractivity contribution in [3.05, 3.63) is 132 Å². The molecule has 0 radical (unpaired) electrons. The minimum atomic E-state index is 0.240. The molecule has 33 heavy (non-hydrogen) atoms. The molecule has 0 heterocycles. The Bertz CT molecular complexity index is 1380. The maximum atomic E-state index is 10.6. The quantitative estimate of drug-likeness (QED) is 0.297. The van der Waals surface area contributed by atoms with Crippen molar-refractivity contribution in [3.8, 4) is 44.9 Å². The van der Waals surface area contributed by atoms with Crippen molar-refractivity contribution in [1.82, 2.24) is 0 Å². The minimum Gasteiger partial charge on any atom is -0.507 e. The summed E-state index contributed by atoms with van der Waals surface area (Å²) in [6.07, 6.45) is 0.816. The minimum absolute atomic E-state index is 0.240. The summed E-state index contributed by atoms with van der Waals surface area (Å²) in [7, 11) is 0. The zero-order chi connectivity index (χ0) is 22.6. The predicted octanol–water partition coefficient (Wildman–Crippen LogP) is 7.69. The van der Waals surface area contributed by atoms with Gasteiger partial charge in [0, 0.05) is 11.1 Å². The molecular weight excluding hydrogens is 404 g/mol. The Labute approximate surface area is 194 Å². The van der Waals surface area contributed by atoms with Crippen LogP contribution in [-0.2, 0) is 6.42 Å². The molecule has 1 aliphatic carbocycles. The van der Waals surface area contributed by atoms with Crippen LogP contribution in [0.3, 0.4) is 0 Å². The molecule has 0 atom stereocenters. The molecule has 0 fully saturated rings. The van der Waals surface area contributed by atoms with E-state index in [0.717, 1.165) is 28.7 Å². The second-order valence-electron chi connectivity index (χ2n) is 8.04. The molecule has 2 nitrogen and oxygen atoms in total. The normalized spacial score (nSPS) is 11.2. The molecule has 2 N–H and O–H groups in total. The first-order valence-electron chi connectivity index (χ1n) is 11.0. The van der Waals surface area contributed by atoms with Crippen molar-refractivity contribution in [3.63, 3.8) is 0 Å². The van der Waals surface area contributed by atoms with Crippen molar-refractivity contribution in [1.29, 1.82) is 0 Å². The highest BCUT2D eigenvalue weighted by Crippen LogP contribution is 2.48. The molecule has 2 heteroatoms. The van der Waals surface area contributed by atoms with Crippen LogP contribution in [0.1, 0.15) is 11.1 Å². The molecule has 0 aromatic heterocycles. The number of rotatable bonds is 2. The van der Waals surface area contributed by atoms with Gasteiger partial charge in [-0.3, -0.25) is 0 Å². The van der Waals surface area contributed by atoms with Crippen molar-refractivity contribution in [2.45, 2.75) is 6.42 Å². The molecule has 0 amide bonds. The molecule has 0 bridgehead atoms. The molecule has 0 saturated heterocycles. The largest absolute Gasteiger partial charge is 0.507 e. The van der Waals surface area contributed by atoms with Crippen LogP contribution >= 0.6 is 0 Å². The van der Waals surface area contributed by atoms with Gasteiger partial charge < -0.3 is 10.2 Å². The standard InChI is InChI=1S/C25H18O2.C6H6/c26-23-11-5-3-9-19(23)20-14-13-18-17-8-2-1-7-16(17)15-22(18)25(20)21-10-4-6-12-24(21)27;1-2-4-6-5-3-1/h1-14,26-27H,15H2;1-6H. The molecular formula is C31H24O2. The van der Waals surface area contributed by atoms with E-state index in [0.29, 0.717) is 0 Å². The number of hydrogen-bond acceptors (Lipinski definition) is 2. The van der Waals surface area contributed by atoms with E-state index in [4.69, 9.17) is 0 Å². The van der Waals surface area contributed by atoms with Crippen molar-refractivity contribution in [2.24, 2.45) is 0 Å². The summed E-state index contributed by atoms with van der Waals surface area (Å²) in [4.78, 5) is 0. The number of hydrogen-bond donors (Lipinski definition) is 2. The van der Waals surface area contributed by atoms with Gasteiger partial charge in [-0.1, -0.05) is 109 Å². The lowest BCUT2D eigenvalue weighted by Crippen LogP contribution is -1.93. The summed E-state index contributed by atoms with van der Waals surface area (Å²) in [5.74, 6) is 0.489. The molecule has 160 valence electrons. The van der Waals surface area contributed by atoms with Gasteiger partial charge in [-0.05, 0) is 51.9 Å². The number of para-hydroxylation sites is 2. The highest BCUT2D eigenvalue weighted by molar-refractivity contribution is 5.96. The Morgan fingerprint density at radius 3 is 1.48 bits per heavy atom. The van der Waals surface area contributed by atoms with E-state index in [1.165, 1.54) is 22.3 Å². The molecule has 0 spiro atoms. The first-order valence-corrected chi connectivity index (χ1v) is 11.0. The second-order valence-corrected chi connectivity index (χ2v) is 8.04. The Hall–Kier alpha value is -4.30. The van der Waals surface area contributed by atoms with Gasteiger partial charge in [-0.2, -0.15) is 0 Å². The summed E-state index contributed by atoms with van der Waals surface area (Å²) in [6, 6.07) is 39.4. The number of aromatic hydroxyl groups is 2. The van der Waals surface area contributed by atoms with E-state index in [2.05, 4.69) is 36.4 Å². The van der Waals surface area contributed by atoms with Crippen LogP contribution < -0.4 is 0 Å². The van der Waals surface area contributed by atoms with Gasteiger partial charge in [-0.15, -0.1) is 0 Å². The molecule has 0 aliphatic heterocycles. The van der Waals surface area contributed by atoms with Crippen LogP contribution in [0.2, 0.25) is 0 Å². The molecule has 5 aromatic rings. The van der Waals surface area contributed by atoms with Crippen molar-refractivity contribution < 1.29 is 10.2 Å². The van der Waals surface area contributed by atoms with E-state index in [9.17, 15) is 10.2 Å². The maximum absolute atomic E-state index is 10.6. The second kappa shape index (κ2) is 9.05. The van der Waals surface area contributed by atoms with Gasteiger partial charge in [0.25, 0.3) is 0 Å². The van der Waals surface area contributed by atoms with Crippen LogP contribution in [0.4, 0.5) is 0 Å². The molecule has 0 saturated carbocycles. The van der Waals surface area contributed by atoms with Crippen LogP contribution in [0.5, 0.6) is 11.5 Å². The van der Waals surface area contributed by atoms with Gasteiger partial charge in [0.2, 0.25) is 0 Å². The lowest BCUT2D eigenvalue weighted by Gasteiger charge is -2.17. The Balaban J connectivity index is 0.000000332. The zero-order valence-corrected chi connectivity index (χ0v) is 18.1. The van der Waals surface area contributed by atoms with E-state index >= 15 is 0 Å². The van der Waals surface area contributed by atoms with E-state index in [1.807, 2.05) is 72.8 Å². The Morgan fingerprint density at radius 2 is 0.879 bits per heavy atom. The van der Waals surface area contributed by atoms with E-state index < -0.39 is 0 Å². The predicted molar refractivity (Wildman–Crippen MR) is 135 cm³/mol. The van der Waals surface area contributed by atoms with Gasteiger partial charge in [-0.25, -0.2) is 0 Å². The fourth-order valence-corrected chi connectivity index (χ4v) is 4.51. The molecule has 1 aliphatic rings. The highest BCUT2D eigenvalue weighted by atomic mass is 16.3. The van der Waals surface area contributed by atoms with Crippen LogP contribution in [0, 0.1) is 0 Å². The summed E-state index contributed by atoms with van der Waals surface area (Å²) >= 11 is 0. The third-order valence-corrected chi connectivity index (χ3v) is 6.02. The van der Waals surface area contributed by atoms with E-state index in [1.54, 1.807) is 12.1 Å². The SMILES string of the molecule is Oc1ccccc1-c1ccc2c(c1-c1ccccc1O)Cc1ccccc1-2.c1ccccc1. The maximum Gasteiger partial charge on any atom is 0.123 e. The van der Waals surface area contributed by atoms with E-state index in [-0.39, 0.29) is 11.5 Å². The topological polar surface area (TPSA) is 40.5 Å². The Kier molecular flexibility index (Phi) is 5.65. The first-order chi connectivity index (χ1) is 16.2. The monoisotopic (exact) mass is 428 g/mol. The smallest absolute Gasteiger partial charge is 0.123 e. The average molecular weight is 429 g/mol. The van der Waals surface area contributed by atoms with Crippen LogP contribution in [0.15, 0.2) is 121 Å². The highest BCUT2D eigenvalue weighted by Gasteiger charge is 2.25. The van der Waals surface area contributed by atoms with Crippen LogP contribution in [-0.4, -0.2) is 10.2 Å². The zero-order valence-electron chi connectivity index (χ0n) is 18.1. The van der Waals surface area contributed by atoms with Gasteiger partial charge in [0.1, 0.15) is 11.5 Å². The lowest BCUT2D eigenvalue weighted by molar-refractivity contribution is 0.476. The van der Waals surface area contributed by atoms with Crippen molar-refractivity contribution in [2.75, 3.05) is 0 Å². The third kappa shape index (κ3) is 3.99. The first kappa shape index (κ1) is 20.6. The van der Waals surface area contributed by atoms with Gasteiger partial charge in [0.05, 0.1) is 0 Å². The van der Waals surface area contributed by atoms with Gasteiger partial charge >= 0.3 is 0 Å². The average Bonchev–Trinajstić information content (AvgIpc) is 3.25. The lowest BCUT2D eigenvalue weighted by atomic mass is 9.87. The third-order valence-electron chi connectivity index (χ3n) is 6.02. The summed E-state index contributed by atoms with van der Waals surface area (Å²) in [5, 5.41) is 21.1. The fraction of sp³-hybridized carbons (Fsp3) is 0.0323. The van der Waals surface area contributed by atoms with Crippen LogP contribution in [0.25, 0.3) is 33.4 Å². The molecule has 6 rings (SSSR count). The number of phenolic OH excluding ortho intramolecular Hbond substituents is 2. The molecule has 0 unspecified atom stereocenters. The fourth-order valence-electron chi connectivity index (χ4n) is 4.51. The number of phenols is 2. The van der Waals surface area contributed by atoms with Gasteiger partial charge in [0.15, 0.2) is 0 Å². The molecule has 5 aromatic carbocycles. The number of benzene rings is 5. The summed E-state index contributed by atoms with van der Waals surface area (Å²) in [6.45, 7) is 0. The van der Waals surface area contributed by atoms with Crippen molar-refractivity contribution >= 4 is 0 Å². The Morgan fingerprint density at radius 1 is 0.394 bits per heavy atom. The summed E-state index contributed by atoms with van der Waals surface area (Å²) < 4.78 is 0. The number of fused-ring (bicyclic) bond motifs is 3.